The number of aromatic nitrogens is 2. The van der Waals surface area contributed by atoms with Crippen LogP contribution < -0.4 is 0 Å². The van der Waals surface area contributed by atoms with Gasteiger partial charge < -0.3 is 0 Å². The summed E-state index contributed by atoms with van der Waals surface area (Å²) in [5, 5.41) is 6.64. The monoisotopic (exact) mass is 202 g/mol. The second-order valence-corrected chi connectivity index (χ2v) is 4.62. The van der Waals surface area contributed by atoms with E-state index in [0.29, 0.717) is 0 Å². The minimum absolute atomic E-state index is 0.104. The van der Waals surface area contributed by atoms with Gasteiger partial charge in [-0.3, -0.25) is 5.10 Å². The molecule has 80 valence electrons. The topological polar surface area (TPSA) is 28.7 Å². The van der Waals surface area contributed by atoms with Gasteiger partial charge in [0.15, 0.2) is 0 Å². The summed E-state index contributed by atoms with van der Waals surface area (Å²) in [7, 11) is 0. The minimum Gasteiger partial charge on any atom is -0.285 e. The molecular weight excluding hydrogens is 184 g/mol. The van der Waals surface area contributed by atoms with Crippen molar-refractivity contribution in [1.82, 2.24) is 10.2 Å². The lowest BCUT2D eigenvalue weighted by Gasteiger charge is -2.18. The van der Waals surface area contributed by atoms with Crippen molar-refractivity contribution in [3.8, 4) is 0 Å². The van der Waals surface area contributed by atoms with Crippen molar-refractivity contribution in [2.75, 3.05) is 0 Å². The highest BCUT2D eigenvalue weighted by atomic mass is 15.1. The van der Waals surface area contributed by atoms with Crippen LogP contribution in [0.5, 0.6) is 0 Å². The Bertz CT molecular complexity index is 375. The van der Waals surface area contributed by atoms with E-state index >= 15 is 0 Å². The van der Waals surface area contributed by atoms with Crippen molar-refractivity contribution < 1.29 is 0 Å². The van der Waals surface area contributed by atoms with Gasteiger partial charge in [-0.25, -0.2) is 0 Å². The van der Waals surface area contributed by atoms with E-state index in [-0.39, 0.29) is 5.41 Å². The number of aromatic amines is 1. The molecule has 0 amide bonds. The normalized spacial score (nSPS) is 11.9. The molecule has 15 heavy (non-hydrogen) atoms. The molecule has 0 aliphatic heterocycles. The first-order valence-electron chi connectivity index (χ1n) is 4.97. The summed E-state index contributed by atoms with van der Waals surface area (Å²) in [5.74, 6) is 0. The predicted octanol–water partition coefficient (Wildman–Crippen LogP) is 3.58. The van der Waals surface area contributed by atoms with E-state index in [1.165, 1.54) is 0 Å². The molecule has 0 spiro atoms. The average Bonchev–Trinajstić information content (AvgIpc) is 2.64. The SMILES string of the molecule is C=C(/C=C\C(=C)C(C)(C)C)c1cn[nH]c1. The molecule has 1 aromatic heterocycles. The molecule has 1 N–H and O–H groups in total. The second-order valence-electron chi connectivity index (χ2n) is 4.62. The molecule has 0 unspecified atom stereocenters. The van der Waals surface area contributed by atoms with Crippen molar-refractivity contribution in [2.45, 2.75) is 20.8 Å². The van der Waals surface area contributed by atoms with Crippen LogP contribution in [0.15, 0.2) is 43.3 Å². The van der Waals surface area contributed by atoms with Gasteiger partial charge in [0, 0.05) is 11.8 Å². The van der Waals surface area contributed by atoms with E-state index in [1.807, 2.05) is 18.3 Å². The summed E-state index contributed by atoms with van der Waals surface area (Å²) in [6.45, 7) is 14.4. The van der Waals surface area contributed by atoms with Crippen LogP contribution in [0.25, 0.3) is 5.57 Å². The van der Waals surface area contributed by atoms with Crippen LogP contribution in [0.1, 0.15) is 26.3 Å². The Morgan fingerprint density at radius 3 is 2.47 bits per heavy atom. The van der Waals surface area contributed by atoms with Crippen LogP contribution in [-0.4, -0.2) is 10.2 Å². The molecule has 0 atom stereocenters. The molecule has 0 aromatic carbocycles. The smallest absolute Gasteiger partial charge is 0.0565 e. The number of nitrogens with one attached hydrogen (secondary N) is 1. The van der Waals surface area contributed by atoms with Crippen molar-refractivity contribution in [2.24, 2.45) is 5.41 Å². The van der Waals surface area contributed by atoms with Crippen molar-refractivity contribution in [3.63, 3.8) is 0 Å². The van der Waals surface area contributed by atoms with E-state index in [0.717, 1.165) is 16.7 Å². The highest BCUT2D eigenvalue weighted by molar-refractivity contribution is 5.71. The third-order valence-corrected chi connectivity index (χ3v) is 2.32. The number of allylic oxidation sites excluding steroid dienone is 4. The highest BCUT2D eigenvalue weighted by Crippen LogP contribution is 2.25. The average molecular weight is 202 g/mol. The Hall–Kier alpha value is -1.57. The van der Waals surface area contributed by atoms with E-state index in [2.05, 4.69) is 44.1 Å². The molecule has 1 rings (SSSR count). The minimum atomic E-state index is 0.104. The fraction of sp³-hybridized carbons (Fsp3) is 0.308. The summed E-state index contributed by atoms with van der Waals surface area (Å²) >= 11 is 0. The molecule has 0 saturated heterocycles. The molecule has 1 aromatic rings. The molecule has 1 heterocycles. The Labute approximate surface area is 91.4 Å². The number of nitrogens with zero attached hydrogens (tertiary/aromatic N) is 1. The summed E-state index contributed by atoms with van der Waals surface area (Å²) in [5.41, 5.74) is 3.14. The van der Waals surface area contributed by atoms with Gasteiger partial charge in [-0.15, -0.1) is 0 Å². The van der Waals surface area contributed by atoms with Gasteiger partial charge >= 0.3 is 0 Å². The van der Waals surface area contributed by atoms with Crippen LogP contribution in [0, 0.1) is 5.41 Å². The zero-order valence-corrected chi connectivity index (χ0v) is 9.67. The Balaban J connectivity index is 2.68. The summed E-state index contributed by atoms with van der Waals surface area (Å²) < 4.78 is 0. The lowest BCUT2D eigenvalue weighted by atomic mass is 9.87. The van der Waals surface area contributed by atoms with Gasteiger partial charge in [0.1, 0.15) is 0 Å². The van der Waals surface area contributed by atoms with E-state index < -0.39 is 0 Å². The fourth-order valence-electron chi connectivity index (χ4n) is 0.974. The molecule has 2 nitrogen and oxygen atoms in total. The molecule has 0 saturated carbocycles. The second kappa shape index (κ2) is 4.30. The molecule has 0 fully saturated rings. The predicted molar refractivity (Wildman–Crippen MR) is 65.4 cm³/mol. The maximum Gasteiger partial charge on any atom is 0.0565 e. The van der Waals surface area contributed by atoms with Gasteiger partial charge in [-0.05, 0) is 16.6 Å². The first kappa shape index (κ1) is 11.5. The maximum absolute atomic E-state index is 4.03. The first-order chi connectivity index (χ1) is 6.91. The summed E-state index contributed by atoms with van der Waals surface area (Å²) in [4.78, 5) is 0. The molecule has 0 aliphatic carbocycles. The van der Waals surface area contributed by atoms with E-state index in [9.17, 15) is 0 Å². The van der Waals surface area contributed by atoms with Gasteiger partial charge in [0.2, 0.25) is 0 Å². The van der Waals surface area contributed by atoms with Crippen LogP contribution in [-0.2, 0) is 0 Å². The van der Waals surface area contributed by atoms with Gasteiger partial charge in [0.25, 0.3) is 0 Å². The zero-order valence-electron chi connectivity index (χ0n) is 9.67. The molecule has 0 aliphatic rings. The van der Waals surface area contributed by atoms with Gasteiger partial charge in [-0.1, -0.05) is 46.1 Å². The van der Waals surface area contributed by atoms with Crippen LogP contribution >= 0.6 is 0 Å². The van der Waals surface area contributed by atoms with Crippen molar-refractivity contribution in [1.29, 1.82) is 0 Å². The molecule has 2 heteroatoms. The lowest BCUT2D eigenvalue weighted by Crippen LogP contribution is -2.05. The van der Waals surface area contributed by atoms with E-state index in [4.69, 9.17) is 0 Å². The van der Waals surface area contributed by atoms with Gasteiger partial charge in [0.05, 0.1) is 6.20 Å². The Morgan fingerprint density at radius 2 is 2.00 bits per heavy atom. The van der Waals surface area contributed by atoms with Crippen molar-refractivity contribution in [3.05, 3.63) is 48.8 Å². The van der Waals surface area contributed by atoms with Gasteiger partial charge in [-0.2, -0.15) is 5.10 Å². The fourth-order valence-corrected chi connectivity index (χ4v) is 0.974. The number of H-pyrrole nitrogens is 1. The van der Waals surface area contributed by atoms with Crippen LogP contribution in [0.4, 0.5) is 0 Å². The van der Waals surface area contributed by atoms with Crippen LogP contribution in [0.3, 0.4) is 0 Å². The largest absolute Gasteiger partial charge is 0.285 e. The molecule has 0 bridgehead atoms. The first-order valence-corrected chi connectivity index (χ1v) is 4.97. The number of hydrogen-bond donors (Lipinski definition) is 1. The number of hydrogen-bond acceptors (Lipinski definition) is 1. The van der Waals surface area contributed by atoms with Crippen LogP contribution in [0.2, 0.25) is 0 Å². The highest BCUT2D eigenvalue weighted by Gasteiger charge is 2.11. The quantitative estimate of drug-likeness (QED) is 0.746. The third kappa shape index (κ3) is 3.24. The summed E-state index contributed by atoms with van der Waals surface area (Å²) in [6.07, 6.45) is 7.56. The lowest BCUT2D eigenvalue weighted by molar-refractivity contribution is 0.519. The van der Waals surface area contributed by atoms with Crippen molar-refractivity contribution >= 4 is 5.57 Å². The zero-order chi connectivity index (χ0) is 11.5. The third-order valence-electron chi connectivity index (χ3n) is 2.32. The molecular formula is C13H18N2. The Morgan fingerprint density at radius 1 is 1.33 bits per heavy atom. The summed E-state index contributed by atoms with van der Waals surface area (Å²) in [6, 6.07) is 0. The maximum atomic E-state index is 4.03. The number of rotatable bonds is 3. The molecule has 0 radical (unpaired) electrons. The Kier molecular flexibility index (Phi) is 3.30. The van der Waals surface area contributed by atoms with E-state index in [1.54, 1.807) is 6.20 Å². The standard InChI is InChI=1S/C13H18N2/c1-10(12-8-14-15-9-12)6-7-11(2)13(3,4)5/h6-9H,1-2H2,3-5H3,(H,14,15)/b7-6-.